The summed E-state index contributed by atoms with van der Waals surface area (Å²) in [6, 6.07) is 7.57. The van der Waals surface area contributed by atoms with E-state index in [-0.39, 0.29) is 18.3 Å². The molecule has 0 saturated heterocycles. The molecule has 0 radical (unpaired) electrons. The smallest absolute Gasteiger partial charge is 0.357 e. The van der Waals surface area contributed by atoms with Crippen LogP contribution in [0.25, 0.3) is 0 Å². The van der Waals surface area contributed by atoms with E-state index in [1.54, 1.807) is 30.0 Å². The summed E-state index contributed by atoms with van der Waals surface area (Å²) in [5.41, 5.74) is 6.68. The van der Waals surface area contributed by atoms with Gasteiger partial charge in [0.05, 0.1) is 5.92 Å². The van der Waals surface area contributed by atoms with Gasteiger partial charge in [-0.05, 0) is 44.0 Å². The van der Waals surface area contributed by atoms with Gasteiger partial charge < -0.3 is 16.0 Å². The molecule has 34 heavy (non-hydrogen) atoms. The number of nitrogens with zero attached hydrogens (tertiary/aromatic N) is 2. The Hall–Kier alpha value is -2.32. The zero-order valence-electron chi connectivity index (χ0n) is 21.2. The lowest BCUT2D eigenvalue weighted by Crippen LogP contribution is -2.30. The molecule has 0 bridgehead atoms. The van der Waals surface area contributed by atoms with Crippen LogP contribution in [0.15, 0.2) is 30.3 Å². The van der Waals surface area contributed by atoms with Gasteiger partial charge in [0.25, 0.3) is 0 Å². The molecule has 1 aromatic heterocycles. The van der Waals surface area contributed by atoms with Crippen LogP contribution in [0.2, 0.25) is 5.02 Å². The van der Waals surface area contributed by atoms with E-state index in [1.807, 2.05) is 41.5 Å². The van der Waals surface area contributed by atoms with Crippen LogP contribution in [-0.4, -0.2) is 24.0 Å². The lowest BCUT2D eigenvalue weighted by Gasteiger charge is -2.24. The quantitative estimate of drug-likeness (QED) is 0.430. The van der Waals surface area contributed by atoms with Gasteiger partial charge in [0, 0.05) is 36.8 Å². The number of rotatable bonds is 8. The number of hydrogen-bond acceptors (Lipinski definition) is 4. The number of benzene rings is 1. The molecular formula is C25H38ClF3N4O. The lowest BCUT2D eigenvalue weighted by molar-refractivity contribution is -0.141. The number of pyridine rings is 1. The van der Waals surface area contributed by atoms with Crippen molar-refractivity contribution in [2.45, 2.75) is 73.6 Å². The number of amides is 1. The third-order valence-electron chi connectivity index (χ3n) is 4.95. The number of anilines is 1. The average Bonchev–Trinajstić information content (AvgIpc) is 2.85. The van der Waals surface area contributed by atoms with Gasteiger partial charge in [-0.15, -0.1) is 0 Å². The van der Waals surface area contributed by atoms with Gasteiger partial charge in [-0.1, -0.05) is 57.5 Å². The summed E-state index contributed by atoms with van der Waals surface area (Å²) in [6.07, 6.45) is -4.53. The Morgan fingerprint density at radius 1 is 1.09 bits per heavy atom. The minimum absolute atomic E-state index is 0.0642. The van der Waals surface area contributed by atoms with E-state index in [9.17, 15) is 18.0 Å². The highest BCUT2D eigenvalue weighted by molar-refractivity contribution is 6.31. The highest BCUT2D eigenvalue weighted by Crippen LogP contribution is 2.31. The second-order valence-electron chi connectivity index (χ2n) is 6.84. The summed E-state index contributed by atoms with van der Waals surface area (Å²) in [7, 11) is 0. The van der Waals surface area contributed by atoms with Crippen molar-refractivity contribution in [2.75, 3.05) is 18.0 Å². The van der Waals surface area contributed by atoms with Gasteiger partial charge in [-0.25, -0.2) is 4.98 Å². The van der Waals surface area contributed by atoms with Crippen molar-refractivity contribution < 1.29 is 18.0 Å². The molecule has 0 fully saturated rings. The Morgan fingerprint density at radius 3 is 2.12 bits per heavy atom. The molecule has 0 aliphatic rings. The van der Waals surface area contributed by atoms with Crippen LogP contribution in [0, 0.1) is 0 Å². The summed E-state index contributed by atoms with van der Waals surface area (Å²) in [5.74, 6) is -0.538. The summed E-state index contributed by atoms with van der Waals surface area (Å²) in [5, 5.41) is 3.28. The van der Waals surface area contributed by atoms with E-state index < -0.39 is 17.8 Å². The van der Waals surface area contributed by atoms with Crippen LogP contribution < -0.4 is 16.0 Å². The Kier molecular flexibility index (Phi) is 14.5. The van der Waals surface area contributed by atoms with Crippen molar-refractivity contribution in [1.82, 2.24) is 10.3 Å². The van der Waals surface area contributed by atoms with E-state index in [4.69, 9.17) is 17.3 Å². The maximum Gasteiger partial charge on any atom is 0.433 e. The van der Waals surface area contributed by atoms with Crippen LogP contribution in [0.5, 0.6) is 0 Å². The maximum absolute atomic E-state index is 13.1. The Bertz CT molecular complexity index is 887. The molecule has 9 heteroatoms. The summed E-state index contributed by atoms with van der Waals surface area (Å²) in [4.78, 5) is 18.2. The van der Waals surface area contributed by atoms with E-state index in [2.05, 4.69) is 10.3 Å². The van der Waals surface area contributed by atoms with Gasteiger partial charge in [0.2, 0.25) is 5.91 Å². The molecule has 1 aromatic carbocycles. The first-order chi connectivity index (χ1) is 16.1. The fraction of sp³-hybridized carbons (Fsp3) is 0.520. The number of alkyl halides is 3. The third-order valence-corrected chi connectivity index (χ3v) is 5.30. The van der Waals surface area contributed by atoms with Crippen LogP contribution >= 0.6 is 11.6 Å². The van der Waals surface area contributed by atoms with Crippen LogP contribution in [0.4, 0.5) is 19.0 Å². The number of halogens is 4. The highest BCUT2D eigenvalue weighted by Gasteiger charge is 2.33. The van der Waals surface area contributed by atoms with Crippen molar-refractivity contribution in [3.05, 3.63) is 57.7 Å². The Morgan fingerprint density at radius 2 is 1.65 bits per heavy atom. The van der Waals surface area contributed by atoms with Crippen LogP contribution in [0.1, 0.15) is 76.8 Å². The largest absolute Gasteiger partial charge is 0.433 e. The number of carbonyl (C=O) groups excluding carboxylic acids is 1. The fourth-order valence-electron chi connectivity index (χ4n) is 3.06. The molecular weight excluding hydrogens is 465 g/mol. The number of nitrogens with two attached hydrogens (primary N) is 1. The minimum Gasteiger partial charge on any atom is -0.357 e. The van der Waals surface area contributed by atoms with E-state index >= 15 is 0 Å². The van der Waals surface area contributed by atoms with Crippen LogP contribution in [-0.2, 0) is 24.1 Å². The fourth-order valence-corrected chi connectivity index (χ4v) is 3.32. The minimum atomic E-state index is -4.53. The van der Waals surface area contributed by atoms with Crippen molar-refractivity contribution in [3.8, 4) is 0 Å². The predicted molar refractivity (Wildman–Crippen MR) is 135 cm³/mol. The molecule has 0 aliphatic heterocycles. The number of nitrogens with one attached hydrogen (secondary N) is 1. The Balaban J connectivity index is 0.00000258. The molecule has 1 heterocycles. The van der Waals surface area contributed by atoms with E-state index in [0.29, 0.717) is 30.2 Å². The predicted octanol–water partition coefficient (Wildman–Crippen LogP) is 6.53. The molecule has 2 rings (SSSR count). The lowest BCUT2D eigenvalue weighted by atomic mass is 9.98. The second-order valence-corrected chi connectivity index (χ2v) is 7.25. The molecule has 1 atom stereocenters. The van der Waals surface area contributed by atoms with Crippen LogP contribution in [0.3, 0.4) is 0 Å². The normalized spacial score (nSPS) is 11.4. The van der Waals surface area contributed by atoms with Gasteiger partial charge in [0.15, 0.2) is 0 Å². The molecule has 0 saturated carbocycles. The van der Waals surface area contributed by atoms with Crippen molar-refractivity contribution in [2.24, 2.45) is 5.73 Å². The van der Waals surface area contributed by atoms with Gasteiger partial charge in [-0.3, -0.25) is 4.79 Å². The standard InChI is InChI=1S/C21H26ClF3N4O.2C2H6/c1-4-29(5-2)19-16(8-9-18(28-19)21(23,24)25)12-27-20(30)13(3)14-6-7-15(11-26)17(22)10-14;2*1-2/h6-10,13H,4-5,11-12,26H2,1-3H3,(H,27,30);2*1-2H3. The zero-order valence-corrected chi connectivity index (χ0v) is 21.9. The van der Waals surface area contributed by atoms with Gasteiger partial charge in [0.1, 0.15) is 11.5 Å². The number of carbonyl (C=O) groups is 1. The Labute approximate surface area is 206 Å². The topological polar surface area (TPSA) is 71.2 Å². The maximum atomic E-state index is 13.1. The monoisotopic (exact) mass is 502 g/mol. The zero-order chi connectivity index (χ0) is 26.5. The molecule has 0 aliphatic carbocycles. The van der Waals surface area contributed by atoms with Gasteiger partial charge in [-0.2, -0.15) is 13.2 Å². The number of aromatic nitrogens is 1. The SMILES string of the molecule is CC.CC.CCN(CC)c1nc(C(F)(F)F)ccc1CNC(=O)C(C)c1ccc(CN)c(Cl)c1. The first-order valence-corrected chi connectivity index (χ1v) is 12.1. The molecule has 0 spiro atoms. The summed E-state index contributed by atoms with van der Waals surface area (Å²) >= 11 is 6.17. The molecule has 3 N–H and O–H groups in total. The first kappa shape index (κ1) is 31.7. The van der Waals surface area contributed by atoms with Crippen molar-refractivity contribution in [1.29, 1.82) is 0 Å². The average molecular weight is 503 g/mol. The molecule has 1 unspecified atom stereocenters. The van der Waals surface area contributed by atoms with E-state index in [0.717, 1.165) is 17.2 Å². The first-order valence-electron chi connectivity index (χ1n) is 11.7. The number of hydrogen-bond donors (Lipinski definition) is 2. The van der Waals surface area contributed by atoms with Gasteiger partial charge >= 0.3 is 6.18 Å². The highest BCUT2D eigenvalue weighted by atomic mass is 35.5. The summed E-state index contributed by atoms with van der Waals surface area (Å²) < 4.78 is 39.3. The molecule has 1 amide bonds. The van der Waals surface area contributed by atoms with E-state index in [1.165, 1.54) is 6.07 Å². The molecule has 5 nitrogen and oxygen atoms in total. The summed E-state index contributed by atoms with van der Waals surface area (Å²) in [6.45, 7) is 14.8. The van der Waals surface area contributed by atoms with Crippen molar-refractivity contribution >= 4 is 23.3 Å². The second kappa shape index (κ2) is 15.6. The molecule has 2 aromatic rings. The third kappa shape index (κ3) is 8.80. The van der Waals surface area contributed by atoms with Crippen molar-refractivity contribution in [3.63, 3.8) is 0 Å². The molecule has 192 valence electrons.